The second kappa shape index (κ2) is 9.76. The molecule has 180 valence electrons. The summed E-state index contributed by atoms with van der Waals surface area (Å²) in [7, 11) is 0. The predicted octanol–water partition coefficient (Wildman–Crippen LogP) is 3.86. The van der Waals surface area contributed by atoms with Crippen molar-refractivity contribution in [2.75, 3.05) is 19.6 Å². The van der Waals surface area contributed by atoms with Crippen molar-refractivity contribution in [1.29, 1.82) is 0 Å². The summed E-state index contributed by atoms with van der Waals surface area (Å²) in [4.78, 5) is 28.7. The number of benzene rings is 1. The van der Waals surface area contributed by atoms with Crippen LogP contribution < -0.4 is 10.6 Å². The average molecular weight is 469 g/mol. The number of aromatic amines is 1. The Morgan fingerprint density at radius 3 is 2.80 bits per heavy atom. The molecular weight excluding hydrogens is 436 g/mol. The second-order valence-corrected chi connectivity index (χ2v) is 9.80. The number of amides is 1. The van der Waals surface area contributed by atoms with Gasteiger partial charge in [0.1, 0.15) is 0 Å². The Hall–Kier alpha value is -3.29. The van der Waals surface area contributed by atoms with Crippen molar-refractivity contribution in [3.63, 3.8) is 0 Å². The quantitative estimate of drug-likeness (QED) is 0.400. The first kappa shape index (κ1) is 22.2. The van der Waals surface area contributed by atoms with Gasteiger partial charge in [0.15, 0.2) is 0 Å². The highest BCUT2D eigenvalue weighted by Gasteiger charge is 2.30. The van der Waals surface area contributed by atoms with Crippen molar-refractivity contribution in [2.24, 2.45) is 0 Å². The molecule has 0 bridgehead atoms. The summed E-state index contributed by atoms with van der Waals surface area (Å²) in [6.45, 7) is 2.84. The minimum Gasteiger partial charge on any atom is -0.353 e. The highest BCUT2D eigenvalue weighted by Crippen LogP contribution is 2.35. The standard InChI is InChI=1S/C28H32N6O/c35-26(32-20-10-14-29-15-11-20)18-34(25-9-3-5-19-6-4-13-31-27(19)25)17-24-28-22(12-16-30-24)21-7-1-2-8-23(21)33-28/h1-2,4,6-8,12-13,16,20,25,29,33H,3,5,9-11,14-15,17-18H2,(H,32,35)/t25-/m0/s1. The van der Waals surface area contributed by atoms with Gasteiger partial charge in [-0.15, -0.1) is 0 Å². The van der Waals surface area contributed by atoms with Crippen LogP contribution >= 0.6 is 0 Å². The van der Waals surface area contributed by atoms with E-state index < -0.39 is 0 Å². The molecule has 0 spiro atoms. The fourth-order valence-corrected chi connectivity index (χ4v) is 5.78. The van der Waals surface area contributed by atoms with Crippen molar-refractivity contribution in [1.82, 2.24) is 30.5 Å². The van der Waals surface area contributed by atoms with Crippen LogP contribution in [0.2, 0.25) is 0 Å². The normalized spacial score (nSPS) is 18.7. The lowest BCUT2D eigenvalue weighted by Gasteiger charge is -2.35. The zero-order chi connectivity index (χ0) is 23.6. The lowest BCUT2D eigenvalue weighted by molar-refractivity contribution is -0.124. The zero-order valence-corrected chi connectivity index (χ0v) is 20.0. The van der Waals surface area contributed by atoms with Crippen LogP contribution in [0.4, 0.5) is 0 Å². The summed E-state index contributed by atoms with van der Waals surface area (Å²) in [5, 5.41) is 9.03. The van der Waals surface area contributed by atoms with Gasteiger partial charge in [-0.2, -0.15) is 0 Å². The third kappa shape index (κ3) is 4.54. The van der Waals surface area contributed by atoms with Crippen molar-refractivity contribution in [3.05, 3.63) is 71.8 Å². The maximum absolute atomic E-state index is 13.2. The number of hydrogen-bond acceptors (Lipinski definition) is 5. The van der Waals surface area contributed by atoms with Gasteiger partial charge in [-0.1, -0.05) is 24.3 Å². The summed E-state index contributed by atoms with van der Waals surface area (Å²) in [6, 6.07) is 15.0. The van der Waals surface area contributed by atoms with E-state index in [1.165, 1.54) is 16.3 Å². The third-order valence-corrected chi connectivity index (χ3v) is 7.52. The molecule has 1 aliphatic carbocycles. The molecule has 3 N–H and O–H groups in total. The number of rotatable bonds is 6. The van der Waals surface area contributed by atoms with Gasteiger partial charge in [-0.05, 0) is 69.0 Å². The van der Waals surface area contributed by atoms with E-state index in [0.717, 1.165) is 67.6 Å². The molecule has 35 heavy (non-hydrogen) atoms. The number of nitrogens with one attached hydrogen (secondary N) is 3. The number of fused-ring (bicyclic) bond motifs is 4. The number of hydrogen-bond donors (Lipinski definition) is 3. The van der Waals surface area contributed by atoms with E-state index in [-0.39, 0.29) is 18.0 Å². The summed E-state index contributed by atoms with van der Waals surface area (Å²) in [5.41, 5.74) is 5.53. The van der Waals surface area contributed by atoms with Crippen LogP contribution in [0.1, 0.15) is 48.7 Å². The molecular formula is C28H32N6O. The maximum Gasteiger partial charge on any atom is 0.234 e. The topological polar surface area (TPSA) is 85.9 Å². The van der Waals surface area contributed by atoms with Gasteiger partial charge < -0.3 is 15.6 Å². The zero-order valence-electron chi connectivity index (χ0n) is 20.0. The molecule has 7 heteroatoms. The molecule has 1 saturated heterocycles. The molecule has 0 saturated carbocycles. The van der Waals surface area contributed by atoms with E-state index in [0.29, 0.717) is 13.1 Å². The van der Waals surface area contributed by atoms with E-state index in [1.54, 1.807) is 0 Å². The molecule has 3 aromatic heterocycles. The number of carbonyl (C=O) groups excluding carboxylic acids is 1. The fourth-order valence-electron chi connectivity index (χ4n) is 5.78. The van der Waals surface area contributed by atoms with E-state index >= 15 is 0 Å². The molecule has 1 aliphatic heterocycles. The van der Waals surface area contributed by atoms with Crippen LogP contribution in [0, 0.1) is 0 Å². The number of H-pyrrole nitrogens is 1. The molecule has 1 aromatic carbocycles. The minimum atomic E-state index is 0.0868. The van der Waals surface area contributed by atoms with E-state index in [1.807, 2.05) is 24.5 Å². The van der Waals surface area contributed by atoms with E-state index in [2.05, 4.69) is 50.8 Å². The number of nitrogens with zero attached hydrogens (tertiary/aromatic N) is 3. The van der Waals surface area contributed by atoms with Gasteiger partial charge in [0, 0.05) is 41.3 Å². The third-order valence-electron chi connectivity index (χ3n) is 7.52. The Kier molecular flexibility index (Phi) is 6.19. The molecule has 2 aliphatic rings. The van der Waals surface area contributed by atoms with Crippen LogP contribution in [0.5, 0.6) is 0 Å². The van der Waals surface area contributed by atoms with Crippen molar-refractivity contribution >= 4 is 27.7 Å². The Balaban J connectivity index is 1.33. The Morgan fingerprint density at radius 1 is 1.00 bits per heavy atom. The first-order valence-electron chi connectivity index (χ1n) is 12.8. The molecule has 6 rings (SSSR count). The van der Waals surface area contributed by atoms with Crippen molar-refractivity contribution in [2.45, 2.75) is 50.7 Å². The monoisotopic (exact) mass is 468 g/mol. The number of aryl methyl sites for hydroxylation is 1. The summed E-state index contributed by atoms with van der Waals surface area (Å²) >= 11 is 0. The number of para-hydroxylation sites is 1. The first-order chi connectivity index (χ1) is 17.3. The Bertz CT molecular complexity index is 1340. The van der Waals surface area contributed by atoms with Crippen molar-refractivity contribution < 1.29 is 4.79 Å². The minimum absolute atomic E-state index is 0.0868. The highest BCUT2D eigenvalue weighted by atomic mass is 16.2. The number of piperidine rings is 1. The van der Waals surface area contributed by atoms with Crippen molar-refractivity contribution in [3.8, 4) is 0 Å². The largest absolute Gasteiger partial charge is 0.353 e. The van der Waals surface area contributed by atoms with Gasteiger partial charge in [-0.25, -0.2) is 0 Å². The molecule has 4 heterocycles. The molecule has 1 amide bonds. The predicted molar refractivity (Wildman–Crippen MR) is 138 cm³/mol. The SMILES string of the molecule is O=C(CN(Cc1nccc2c1[nH]c1ccccc12)[C@H]1CCCc2cccnc21)NC1CCNCC1. The molecule has 0 unspecified atom stereocenters. The maximum atomic E-state index is 13.2. The number of aromatic nitrogens is 3. The van der Waals surface area contributed by atoms with Gasteiger partial charge >= 0.3 is 0 Å². The van der Waals surface area contributed by atoms with Gasteiger partial charge in [0.25, 0.3) is 0 Å². The Labute approximate surface area is 205 Å². The van der Waals surface area contributed by atoms with Gasteiger partial charge in [0.2, 0.25) is 5.91 Å². The van der Waals surface area contributed by atoms with Crippen LogP contribution in [0.25, 0.3) is 21.8 Å². The van der Waals surface area contributed by atoms with E-state index in [9.17, 15) is 4.79 Å². The van der Waals surface area contributed by atoms with Gasteiger partial charge in [-0.3, -0.25) is 19.7 Å². The van der Waals surface area contributed by atoms with E-state index in [4.69, 9.17) is 9.97 Å². The number of carbonyl (C=O) groups is 1. The molecule has 1 atom stereocenters. The average Bonchev–Trinajstić information content (AvgIpc) is 3.28. The van der Waals surface area contributed by atoms with Crippen LogP contribution in [0.3, 0.4) is 0 Å². The van der Waals surface area contributed by atoms with Crippen LogP contribution in [-0.2, 0) is 17.8 Å². The number of pyridine rings is 2. The molecule has 0 radical (unpaired) electrons. The summed E-state index contributed by atoms with van der Waals surface area (Å²) in [6.07, 6.45) is 8.86. The first-order valence-corrected chi connectivity index (χ1v) is 12.8. The van der Waals surface area contributed by atoms with Crippen LogP contribution in [0.15, 0.2) is 54.9 Å². The second-order valence-electron chi connectivity index (χ2n) is 9.80. The summed E-state index contributed by atoms with van der Waals surface area (Å²) in [5.74, 6) is 0.0868. The molecule has 4 aromatic rings. The highest BCUT2D eigenvalue weighted by molar-refractivity contribution is 6.07. The lowest BCUT2D eigenvalue weighted by Crippen LogP contribution is -2.47. The molecule has 7 nitrogen and oxygen atoms in total. The Morgan fingerprint density at radius 2 is 1.89 bits per heavy atom. The van der Waals surface area contributed by atoms with Crippen LogP contribution in [-0.4, -0.2) is 51.4 Å². The summed E-state index contributed by atoms with van der Waals surface area (Å²) < 4.78 is 0. The fraction of sp³-hybridized carbons (Fsp3) is 0.393. The molecule has 1 fully saturated rings. The van der Waals surface area contributed by atoms with Gasteiger partial charge in [0.05, 0.1) is 29.5 Å². The smallest absolute Gasteiger partial charge is 0.234 e. The lowest BCUT2D eigenvalue weighted by atomic mass is 9.90.